The first-order valence-corrected chi connectivity index (χ1v) is 8.73. The summed E-state index contributed by atoms with van der Waals surface area (Å²) < 4.78 is 0. The van der Waals surface area contributed by atoms with E-state index in [-0.39, 0.29) is 23.8 Å². The summed E-state index contributed by atoms with van der Waals surface area (Å²) in [7, 11) is 1.85. The molecule has 0 N–H and O–H groups in total. The van der Waals surface area contributed by atoms with Crippen LogP contribution in [0.2, 0.25) is 0 Å². The smallest absolute Gasteiger partial charge is 0.254 e. The molecule has 2 aromatic heterocycles. The van der Waals surface area contributed by atoms with Crippen LogP contribution in [-0.2, 0) is 4.79 Å². The molecule has 3 heterocycles. The zero-order valence-electron chi connectivity index (χ0n) is 15.0. The number of hydrogen-bond acceptors (Lipinski definition) is 4. The van der Waals surface area contributed by atoms with E-state index in [9.17, 15) is 9.59 Å². The van der Waals surface area contributed by atoms with E-state index in [1.807, 2.05) is 25.8 Å². The van der Waals surface area contributed by atoms with Crippen LogP contribution in [-0.4, -0.2) is 57.8 Å². The first kappa shape index (κ1) is 17.3. The van der Waals surface area contributed by atoms with E-state index in [4.69, 9.17) is 0 Å². The topological polar surface area (TPSA) is 66.4 Å². The quantitative estimate of drug-likeness (QED) is 0.860. The van der Waals surface area contributed by atoms with Gasteiger partial charge in [-0.1, -0.05) is 0 Å². The van der Waals surface area contributed by atoms with Crippen LogP contribution in [0.25, 0.3) is 10.9 Å². The maximum Gasteiger partial charge on any atom is 0.254 e. The van der Waals surface area contributed by atoms with Gasteiger partial charge in [-0.3, -0.25) is 19.6 Å². The van der Waals surface area contributed by atoms with Crippen molar-refractivity contribution < 1.29 is 9.59 Å². The lowest BCUT2D eigenvalue weighted by Crippen LogP contribution is -2.45. The molecule has 0 saturated carbocycles. The maximum absolute atomic E-state index is 12.9. The van der Waals surface area contributed by atoms with Gasteiger partial charge in [0.25, 0.3) is 5.91 Å². The highest BCUT2D eigenvalue weighted by Gasteiger charge is 2.30. The molecule has 132 valence electrons. The molecule has 6 nitrogen and oxygen atoms in total. The number of pyridine rings is 2. The number of rotatable bonds is 3. The highest BCUT2D eigenvalue weighted by Crippen LogP contribution is 2.23. The van der Waals surface area contributed by atoms with Crippen LogP contribution in [0.1, 0.15) is 37.0 Å². The van der Waals surface area contributed by atoms with Crippen molar-refractivity contribution in [3.63, 3.8) is 0 Å². The van der Waals surface area contributed by atoms with Crippen molar-refractivity contribution >= 4 is 22.7 Å². The molecule has 3 rings (SSSR count). The predicted octanol–water partition coefficient (Wildman–Crippen LogP) is 2.35. The summed E-state index contributed by atoms with van der Waals surface area (Å²) >= 11 is 0. The molecule has 1 aliphatic heterocycles. The van der Waals surface area contributed by atoms with Crippen molar-refractivity contribution in [2.24, 2.45) is 5.92 Å². The number of carbonyl (C=O) groups is 2. The fourth-order valence-corrected chi connectivity index (χ4v) is 3.22. The number of carbonyl (C=O) groups excluding carboxylic acids is 2. The Morgan fingerprint density at radius 3 is 2.60 bits per heavy atom. The van der Waals surface area contributed by atoms with Crippen molar-refractivity contribution in [2.45, 2.75) is 32.7 Å². The summed E-state index contributed by atoms with van der Waals surface area (Å²) in [5.41, 5.74) is 1.40. The largest absolute Gasteiger partial charge is 0.343 e. The van der Waals surface area contributed by atoms with Gasteiger partial charge in [0.15, 0.2) is 0 Å². The van der Waals surface area contributed by atoms with E-state index in [1.54, 1.807) is 35.6 Å². The molecule has 0 spiro atoms. The van der Waals surface area contributed by atoms with E-state index in [0.29, 0.717) is 31.5 Å². The number of piperidine rings is 1. The Kier molecular flexibility index (Phi) is 4.97. The van der Waals surface area contributed by atoms with Crippen molar-refractivity contribution in [1.82, 2.24) is 19.8 Å². The minimum atomic E-state index is -0.0106. The van der Waals surface area contributed by atoms with Crippen LogP contribution in [0, 0.1) is 5.92 Å². The monoisotopic (exact) mass is 340 g/mol. The SMILES string of the molecule is CC(C)N(C)C(=O)C1CCN(C(=O)c2ccnc3ccncc23)CC1. The van der Waals surface area contributed by atoms with Crippen LogP contribution < -0.4 is 0 Å². The number of likely N-dealkylation sites (tertiary alicyclic amines) is 1. The first-order chi connectivity index (χ1) is 12.0. The van der Waals surface area contributed by atoms with Gasteiger partial charge in [-0.05, 0) is 38.8 Å². The molecule has 0 aliphatic carbocycles. The van der Waals surface area contributed by atoms with Gasteiger partial charge in [0.05, 0.1) is 11.1 Å². The third-order valence-electron chi connectivity index (χ3n) is 5.03. The Hall–Kier alpha value is -2.50. The first-order valence-electron chi connectivity index (χ1n) is 8.73. The fraction of sp³-hybridized carbons (Fsp3) is 0.474. The van der Waals surface area contributed by atoms with E-state index < -0.39 is 0 Å². The molecular formula is C19H24N4O2. The van der Waals surface area contributed by atoms with Gasteiger partial charge in [0.1, 0.15) is 0 Å². The molecule has 1 aliphatic rings. The lowest BCUT2D eigenvalue weighted by molar-refractivity contribution is -0.137. The molecule has 25 heavy (non-hydrogen) atoms. The van der Waals surface area contributed by atoms with E-state index in [2.05, 4.69) is 9.97 Å². The minimum Gasteiger partial charge on any atom is -0.343 e. The van der Waals surface area contributed by atoms with Crippen molar-refractivity contribution in [3.05, 3.63) is 36.3 Å². The summed E-state index contributed by atoms with van der Waals surface area (Å²) in [6, 6.07) is 3.75. The summed E-state index contributed by atoms with van der Waals surface area (Å²) in [6.45, 7) is 5.23. The Bertz CT molecular complexity index is 777. The van der Waals surface area contributed by atoms with E-state index in [1.165, 1.54) is 0 Å². The average Bonchev–Trinajstić information content (AvgIpc) is 2.65. The molecule has 2 amide bonds. The van der Waals surface area contributed by atoms with Gasteiger partial charge in [-0.2, -0.15) is 0 Å². The highest BCUT2D eigenvalue weighted by atomic mass is 16.2. The molecule has 0 radical (unpaired) electrons. The van der Waals surface area contributed by atoms with Crippen LogP contribution >= 0.6 is 0 Å². The summed E-state index contributed by atoms with van der Waals surface area (Å²) in [4.78, 5) is 37.4. The number of amides is 2. The number of nitrogens with zero attached hydrogens (tertiary/aromatic N) is 4. The van der Waals surface area contributed by atoms with E-state index in [0.717, 1.165) is 10.9 Å². The zero-order valence-corrected chi connectivity index (χ0v) is 15.0. The predicted molar refractivity (Wildman–Crippen MR) is 96.1 cm³/mol. The maximum atomic E-state index is 12.9. The van der Waals surface area contributed by atoms with Crippen molar-refractivity contribution in [2.75, 3.05) is 20.1 Å². The third-order valence-corrected chi connectivity index (χ3v) is 5.03. The molecule has 1 saturated heterocycles. The summed E-state index contributed by atoms with van der Waals surface area (Å²) in [6.07, 6.45) is 6.44. The van der Waals surface area contributed by atoms with Gasteiger partial charge < -0.3 is 9.80 Å². The van der Waals surface area contributed by atoms with Crippen LogP contribution in [0.5, 0.6) is 0 Å². The van der Waals surface area contributed by atoms with Gasteiger partial charge in [0.2, 0.25) is 5.91 Å². The summed E-state index contributed by atoms with van der Waals surface area (Å²) in [5, 5.41) is 0.771. The van der Waals surface area contributed by atoms with Crippen LogP contribution in [0.15, 0.2) is 30.7 Å². The minimum absolute atomic E-state index is 0.00676. The number of hydrogen-bond donors (Lipinski definition) is 0. The van der Waals surface area contributed by atoms with E-state index >= 15 is 0 Å². The van der Waals surface area contributed by atoms with Gasteiger partial charge >= 0.3 is 0 Å². The Morgan fingerprint density at radius 1 is 1.20 bits per heavy atom. The second-order valence-corrected chi connectivity index (χ2v) is 6.86. The van der Waals surface area contributed by atoms with Crippen LogP contribution in [0.3, 0.4) is 0 Å². The second kappa shape index (κ2) is 7.17. The van der Waals surface area contributed by atoms with Crippen LogP contribution in [0.4, 0.5) is 0 Å². The fourth-order valence-electron chi connectivity index (χ4n) is 3.22. The van der Waals surface area contributed by atoms with Gasteiger partial charge in [-0.15, -0.1) is 0 Å². The second-order valence-electron chi connectivity index (χ2n) is 6.86. The molecule has 0 aromatic carbocycles. The lowest BCUT2D eigenvalue weighted by Gasteiger charge is -2.34. The standard InChI is InChI=1S/C19H24N4O2/c1-13(2)22(3)18(24)14-6-10-23(11-7-14)19(25)15-4-9-21-17-5-8-20-12-16(15)17/h4-5,8-9,12-14H,6-7,10-11H2,1-3H3. The Labute approximate surface area is 147 Å². The van der Waals surface area contributed by atoms with Crippen molar-refractivity contribution in [1.29, 1.82) is 0 Å². The Balaban J connectivity index is 1.70. The molecule has 2 aromatic rings. The van der Waals surface area contributed by atoms with Gasteiger partial charge in [0, 0.05) is 56.1 Å². The molecule has 1 fully saturated rings. The molecule has 0 bridgehead atoms. The van der Waals surface area contributed by atoms with Gasteiger partial charge in [-0.25, -0.2) is 0 Å². The molecular weight excluding hydrogens is 316 g/mol. The highest BCUT2D eigenvalue weighted by molar-refractivity contribution is 6.05. The normalized spacial score (nSPS) is 15.6. The summed E-state index contributed by atoms with van der Waals surface area (Å²) in [5.74, 6) is 0.177. The van der Waals surface area contributed by atoms with Crippen molar-refractivity contribution in [3.8, 4) is 0 Å². The Morgan fingerprint density at radius 2 is 1.92 bits per heavy atom. The lowest BCUT2D eigenvalue weighted by atomic mass is 9.94. The zero-order chi connectivity index (χ0) is 18.0. The number of aromatic nitrogens is 2. The molecule has 0 atom stereocenters. The average molecular weight is 340 g/mol. The molecule has 0 unspecified atom stereocenters. The third kappa shape index (κ3) is 3.48. The molecule has 6 heteroatoms. The number of fused-ring (bicyclic) bond motifs is 1.